The van der Waals surface area contributed by atoms with Crippen LogP contribution in [0, 0.1) is 5.92 Å². The molecule has 0 bridgehead atoms. The Labute approximate surface area is 96.0 Å². The molecule has 0 aliphatic heterocycles. The molecule has 5 nitrogen and oxygen atoms in total. The molecular weight excluding hydrogens is 204 g/mol. The smallest absolute Gasteiger partial charge is 0.265 e. The van der Waals surface area contributed by atoms with E-state index in [1.807, 2.05) is 19.0 Å². The van der Waals surface area contributed by atoms with Gasteiger partial charge >= 0.3 is 0 Å². The Morgan fingerprint density at radius 1 is 1.38 bits per heavy atom. The van der Waals surface area contributed by atoms with Gasteiger partial charge in [-0.1, -0.05) is 12.8 Å². The van der Waals surface area contributed by atoms with Crippen molar-refractivity contribution in [3.05, 3.63) is 5.89 Å². The molecule has 90 valence electrons. The Morgan fingerprint density at radius 3 is 2.75 bits per heavy atom. The average Bonchev–Trinajstić information content (AvgIpc) is 2.78. The van der Waals surface area contributed by atoms with Gasteiger partial charge in [-0.3, -0.25) is 0 Å². The van der Waals surface area contributed by atoms with Crippen LogP contribution < -0.4 is 10.6 Å². The van der Waals surface area contributed by atoms with Crippen LogP contribution >= 0.6 is 0 Å². The topological polar surface area (TPSA) is 68.2 Å². The van der Waals surface area contributed by atoms with Gasteiger partial charge in [-0.05, 0) is 30.5 Å². The lowest BCUT2D eigenvalue weighted by molar-refractivity contribution is 0.249. The van der Waals surface area contributed by atoms with Crippen molar-refractivity contribution in [1.82, 2.24) is 10.1 Å². The standard InChI is InChI=1S/C11H20N4O/c1-15(2)11-13-10(16-14-11)9-6-4-3-5-8(9)7-12/h8-9H,3-7,12H2,1-2H3. The molecule has 1 saturated carbocycles. The van der Waals surface area contributed by atoms with Gasteiger partial charge in [-0.2, -0.15) is 4.98 Å². The summed E-state index contributed by atoms with van der Waals surface area (Å²) in [7, 11) is 3.83. The number of rotatable bonds is 3. The van der Waals surface area contributed by atoms with E-state index in [-0.39, 0.29) is 0 Å². The molecule has 2 unspecified atom stereocenters. The van der Waals surface area contributed by atoms with E-state index in [4.69, 9.17) is 10.3 Å². The van der Waals surface area contributed by atoms with Crippen LogP contribution in [0.1, 0.15) is 37.5 Å². The van der Waals surface area contributed by atoms with Crippen molar-refractivity contribution in [1.29, 1.82) is 0 Å². The Bertz CT molecular complexity index is 336. The maximum absolute atomic E-state index is 5.80. The van der Waals surface area contributed by atoms with Crippen LogP contribution in [0.2, 0.25) is 0 Å². The van der Waals surface area contributed by atoms with Crippen LogP contribution in [0.3, 0.4) is 0 Å². The second kappa shape index (κ2) is 4.82. The van der Waals surface area contributed by atoms with Crippen molar-refractivity contribution in [2.45, 2.75) is 31.6 Å². The second-order valence-electron chi connectivity index (χ2n) is 4.71. The molecule has 1 heterocycles. The molecule has 1 aromatic rings. The predicted octanol–water partition coefficient (Wildman–Crippen LogP) is 1.37. The van der Waals surface area contributed by atoms with Crippen molar-refractivity contribution in [2.24, 2.45) is 11.7 Å². The number of hydrogen-bond donors (Lipinski definition) is 1. The summed E-state index contributed by atoms with van der Waals surface area (Å²) < 4.78 is 5.34. The molecule has 2 N–H and O–H groups in total. The molecule has 0 saturated heterocycles. The van der Waals surface area contributed by atoms with Crippen LogP contribution in [0.15, 0.2) is 4.52 Å². The third-order valence-electron chi connectivity index (χ3n) is 3.36. The van der Waals surface area contributed by atoms with E-state index < -0.39 is 0 Å². The average molecular weight is 224 g/mol. The van der Waals surface area contributed by atoms with E-state index >= 15 is 0 Å². The van der Waals surface area contributed by atoms with Crippen LogP contribution in [0.25, 0.3) is 0 Å². The van der Waals surface area contributed by atoms with E-state index in [2.05, 4.69) is 10.1 Å². The summed E-state index contributed by atoms with van der Waals surface area (Å²) in [6, 6.07) is 0. The Balaban J connectivity index is 2.14. The summed E-state index contributed by atoms with van der Waals surface area (Å²) in [5.74, 6) is 2.28. The minimum atomic E-state index is 0.361. The fraction of sp³-hybridized carbons (Fsp3) is 0.818. The van der Waals surface area contributed by atoms with Gasteiger partial charge < -0.3 is 15.2 Å². The van der Waals surface area contributed by atoms with Crippen molar-refractivity contribution in [3.63, 3.8) is 0 Å². The maximum Gasteiger partial charge on any atom is 0.265 e. The fourth-order valence-corrected chi connectivity index (χ4v) is 2.37. The van der Waals surface area contributed by atoms with Gasteiger partial charge in [0.2, 0.25) is 5.89 Å². The largest absolute Gasteiger partial charge is 0.344 e. The summed E-state index contributed by atoms with van der Waals surface area (Å²) in [6.45, 7) is 0.713. The zero-order valence-electron chi connectivity index (χ0n) is 10.0. The minimum absolute atomic E-state index is 0.361. The Kier molecular flexibility index (Phi) is 3.43. The predicted molar refractivity (Wildman–Crippen MR) is 62.4 cm³/mol. The molecule has 0 spiro atoms. The van der Waals surface area contributed by atoms with Crippen LogP contribution in [0.4, 0.5) is 5.95 Å². The SMILES string of the molecule is CN(C)c1noc(C2CCCCC2CN)n1. The van der Waals surface area contributed by atoms with Crippen molar-refractivity contribution >= 4 is 5.95 Å². The lowest BCUT2D eigenvalue weighted by atomic mass is 9.79. The number of aromatic nitrogens is 2. The Hall–Kier alpha value is -1.10. The lowest BCUT2D eigenvalue weighted by Crippen LogP contribution is -2.25. The summed E-state index contributed by atoms with van der Waals surface area (Å²) in [5, 5.41) is 3.96. The highest BCUT2D eigenvalue weighted by molar-refractivity contribution is 5.24. The molecule has 1 aliphatic rings. The lowest BCUT2D eigenvalue weighted by Gasteiger charge is -2.27. The number of anilines is 1. The van der Waals surface area contributed by atoms with Gasteiger partial charge in [0.25, 0.3) is 5.95 Å². The van der Waals surface area contributed by atoms with Crippen LogP contribution in [0.5, 0.6) is 0 Å². The first kappa shape index (κ1) is 11.4. The highest BCUT2D eigenvalue weighted by Gasteiger charge is 2.30. The van der Waals surface area contributed by atoms with E-state index in [1.54, 1.807) is 0 Å². The highest BCUT2D eigenvalue weighted by Crippen LogP contribution is 2.36. The third-order valence-corrected chi connectivity index (χ3v) is 3.36. The molecule has 2 atom stereocenters. The van der Waals surface area contributed by atoms with Crippen molar-refractivity contribution < 1.29 is 4.52 Å². The van der Waals surface area contributed by atoms with Gasteiger partial charge in [0, 0.05) is 20.0 Å². The van der Waals surface area contributed by atoms with E-state index in [0.29, 0.717) is 24.3 Å². The summed E-state index contributed by atoms with van der Waals surface area (Å²) >= 11 is 0. The normalized spacial score (nSPS) is 25.7. The molecule has 5 heteroatoms. The number of nitrogens with two attached hydrogens (primary N) is 1. The molecular formula is C11H20N4O. The molecule has 1 aliphatic carbocycles. The molecule has 0 aromatic carbocycles. The monoisotopic (exact) mass is 224 g/mol. The zero-order valence-corrected chi connectivity index (χ0v) is 10.0. The molecule has 0 radical (unpaired) electrons. The summed E-state index contributed by atoms with van der Waals surface area (Å²) in [4.78, 5) is 6.28. The number of hydrogen-bond acceptors (Lipinski definition) is 5. The maximum atomic E-state index is 5.80. The van der Waals surface area contributed by atoms with Gasteiger partial charge in [-0.15, -0.1) is 0 Å². The quantitative estimate of drug-likeness (QED) is 0.839. The summed E-state index contributed by atoms with van der Waals surface area (Å²) in [5.41, 5.74) is 5.80. The fourth-order valence-electron chi connectivity index (χ4n) is 2.37. The van der Waals surface area contributed by atoms with Gasteiger partial charge in [-0.25, -0.2) is 0 Å². The van der Waals surface area contributed by atoms with E-state index in [1.165, 1.54) is 19.3 Å². The highest BCUT2D eigenvalue weighted by atomic mass is 16.5. The van der Waals surface area contributed by atoms with Gasteiger partial charge in [0.1, 0.15) is 0 Å². The molecule has 1 aromatic heterocycles. The van der Waals surface area contributed by atoms with E-state index in [0.717, 1.165) is 12.3 Å². The molecule has 1 fully saturated rings. The Morgan fingerprint density at radius 2 is 2.12 bits per heavy atom. The van der Waals surface area contributed by atoms with E-state index in [9.17, 15) is 0 Å². The second-order valence-corrected chi connectivity index (χ2v) is 4.71. The molecule has 2 rings (SSSR count). The zero-order chi connectivity index (χ0) is 11.5. The molecule has 0 amide bonds. The minimum Gasteiger partial charge on any atom is -0.344 e. The first-order valence-corrected chi connectivity index (χ1v) is 5.93. The van der Waals surface area contributed by atoms with Gasteiger partial charge in [0.15, 0.2) is 0 Å². The van der Waals surface area contributed by atoms with Crippen molar-refractivity contribution in [3.8, 4) is 0 Å². The van der Waals surface area contributed by atoms with Crippen LogP contribution in [-0.4, -0.2) is 30.8 Å². The van der Waals surface area contributed by atoms with Crippen LogP contribution in [-0.2, 0) is 0 Å². The first-order chi connectivity index (χ1) is 7.72. The first-order valence-electron chi connectivity index (χ1n) is 5.93. The summed E-state index contributed by atoms with van der Waals surface area (Å²) in [6.07, 6.45) is 4.81. The van der Waals surface area contributed by atoms with Gasteiger partial charge in [0.05, 0.1) is 0 Å². The van der Waals surface area contributed by atoms with Crippen molar-refractivity contribution in [2.75, 3.05) is 25.5 Å². The third kappa shape index (κ3) is 2.19. The molecule has 16 heavy (non-hydrogen) atoms. The number of nitrogens with zero attached hydrogens (tertiary/aromatic N) is 3.